The lowest BCUT2D eigenvalue weighted by molar-refractivity contribution is -0.138. The number of ether oxygens (including phenoxy) is 1. The fourth-order valence-corrected chi connectivity index (χ4v) is 2.54. The molecule has 4 nitrogen and oxygen atoms in total. The third-order valence-electron chi connectivity index (χ3n) is 4.05. The van der Waals surface area contributed by atoms with Crippen LogP contribution in [0.4, 0.5) is 5.69 Å². The fourth-order valence-electron chi connectivity index (χ4n) is 2.54. The second-order valence-corrected chi connectivity index (χ2v) is 5.34. The van der Waals surface area contributed by atoms with Gasteiger partial charge in [0.2, 0.25) is 0 Å². The van der Waals surface area contributed by atoms with Crippen LogP contribution in [0.25, 0.3) is 0 Å². The van der Waals surface area contributed by atoms with E-state index < -0.39 is 5.97 Å². The number of hydrogen-bond acceptors (Lipinski definition) is 3. The Kier molecular flexibility index (Phi) is 3.69. The van der Waals surface area contributed by atoms with Crippen LogP contribution in [0.15, 0.2) is 6.07 Å². The van der Waals surface area contributed by atoms with E-state index in [2.05, 4.69) is 12.2 Å². The number of carbonyl (C=O) groups is 1. The first-order chi connectivity index (χ1) is 8.95. The largest absolute Gasteiger partial charge is 0.496 e. The van der Waals surface area contributed by atoms with Crippen LogP contribution in [0.1, 0.15) is 23.1 Å². The zero-order chi connectivity index (χ0) is 14.2. The molecule has 2 atom stereocenters. The SMILES string of the molecule is COc1cc(C)c(NCC2CC2C(=O)O)c(C)c1C. The Labute approximate surface area is 113 Å². The highest BCUT2D eigenvalue weighted by Crippen LogP contribution is 2.39. The minimum absolute atomic E-state index is 0.160. The Morgan fingerprint density at radius 2 is 2.11 bits per heavy atom. The van der Waals surface area contributed by atoms with E-state index in [4.69, 9.17) is 9.84 Å². The highest BCUT2D eigenvalue weighted by atomic mass is 16.5. The molecule has 1 aliphatic carbocycles. The molecular formula is C15H21NO3. The molecule has 0 spiro atoms. The summed E-state index contributed by atoms with van der Waals surface area (Å²) in [6.07, 6.45) is 0.787. The van der Waals surface area contributed by atoms with E-state index in [1.807, 2.05) is 19.9 Å². The lowest BCUT2D eigenvalue weighted by Crippen LogP contribution is -2.11. The molecule has 0 amide bonds. The molecule has 1 fully saturated rings. The van der Waals surface area contributed by atoms with Gasteiger partial charge in [-0.25, -0.2) is 0 Å². The van der Waals surface area contributed by atoms with Crippen molar-refractivity contribution in [2.24, 2.45) is 11.8 Å². The number of hydrogen-bond donors (Lipinski definition) is 2. The zero-order valence-corrected chi connectivity index (χ0v) is 11.9. The van der Waals surface area contributed by atoms with Gasteiger partial charge in [-0.05, 0) is 55.9 Å². The maximum atomic E-state index is 10.8. The third kappa shape index (κ3) is 2.67. The predicted molar refractivity (Wildman–Crippen MR) is 74.9 cm³/mol. The molecule has 0 aromatic heterocycles. The Hall–Kier alpha value is -1.71. The van der Waals surface area contributed by atoms with Crippen LogP contribution < -0.4 is 10.1 Å². The van der Waals surface area contributed by atoms with E-state index in [0.717, 1.165) is 35.5 Å². The van der Waals surface area contributed by atoms with Gasteiger partial charge < -0.3 is 15.2 Å². The minimum Gasteiger partial charge on any atom is -0.496 e. The van der Waals surface area contributed by atoms with Crippen molar-refractivity contribution >= 4 is 11.7 Å². The first kappa shape index (κ1) is 13.7. The van der Waals surface area contributed by atoms with Crippen molar-refractivity contribution < 1.29 is 14.6 Å². The number of anilines is 1. The Bertz CT molecular complexity index is 511. The number of carboxylic acid groups (broad SMARTS) is 1. The molecule has 0 bridgehead atoms. The summed E-state index contributed by atoms with van der Waals surface area (Å²) in [7, 11) is 1.68. The summed E-state index contributed by atoms with van der Waals surface area (Å²) >= 11 is 0. The topological polar surface area (TPSA) is 58.6 Å². The van der Waals surface area contributed by atoms with E-state index in [1.54, 1.807) is 7.11 Å². The number of nitrogens with one attached hydrogen (secondary N) is 1. The number of methoxy groups -OCH3 is 1. The van der Waals surface area contributed by atoms with Gasteiger partial charge in [-0.2, -0.15) is 0 Å². The van der Waals surface area contributed by atoms with Gasteiger partial charge in [-0.1, -0.05) is 0 Å². The molecule has 1 aromatic rings. The summed E-state index contributed by atoms with van der Waals surface area (Å²) in [6, 6.07) is 2.02. The molecule has 0 aliphatic heterocycles. The summed E-state index contributed by atoms with van der Waals surface area (Å²) in [5, 5.41) is 12.3. The minimum atomic E-state index is -0.675. The van der Waals surface area contributed by atoms with Gasteiger partial charge in [0.1, 0.15) is 5.75 Å². The van der Waals surface area contributed by atoms with E-state index in [-0.39, 0.29) is 11.8 Å². The predicted octanol–water partition coefficient (Wildman–Crippen LogP) is 2.75. The number of carboxylic acids is 1. The molecule has 1 aliphatic rings. The standard InChI is InChI=1S/C15H21NO3/c1-8-5-13(19-4)9(2)10(3)14(8)16-7-11-6-12(11)15(17)18/h5,11-12,16H,6-7H2,1-4H3,(H,17,18). The van der Waals surface area contributed by atoms with Gasteiger partial charge in [0.15, 0.2) is 0 Å². The molecule has 0 radical (unpaired) electrons. The van der Waals surface area contributed by atoms with E-state index in [1.165, 1.54) is 5.56 Å². The van der Waals surface area contributed by atoms with E-state index >= 15 is 0 Å². The van der Waals surface area contributed by atoms with Crippen molar-refractivity contribution in [3.05, 3.63) is 22.8 Å². The van der Waals surface area contributed by atoms with Gasteiger partial charge in [0, 0.05) is 12.2 Å². The van der Waals surface area contributed by atoms with Crippen molar-refractivity contribution in [1.82, 2.24) is 0 Å². The quantitative estimate of drug-likeness (QED) is 0.857. The molecule has 4 heteroatoms. The average Bonchev–Trinajstić information content (AvgIpc) is 3.13. The van der Waals surface area contributed by atoms with Gasteiger partial charge >= 0.3 is 5.97 Å². The first-order valence-corrected chi connectivity index (χ1v) is 6.57. The van der Waals surface area contributed by atoms with Crippen LogP contribution in [-0.2, 0) is 4.79 Å². The summed E-state index contributed by atoms with van der Waals surface area (Å²) < 4.78 is 5.34. The average molecular weight is 263 g/mol. The molecule has 2 unspecified atom stereocenters. The zero-order valence-electron chi connectivity index (χ0n) is 11.9. The van der Waals surface area contributed by atoms with Crippen LogP contribution in [0.2, 0.25) is 0 Å². The van der Waals surface area contributed by atoms with Crippen molar-refractivity contribution in [3.63, 3.8) is 0 Å². The molecule has 2 rings (SSSR count). The lowest BCUT2D eigenvalue weighted by atomic mass is 10.0. The number of rotatable bonds is 5. The highest BCUT2D eigenvalue weighted by molar-refractivity contribution is 5.73. The molecule has 0 heterocycles. The summed E-state index contributed by atoms with van der Waals surface area (Å²) in [4.78, 5) is 10.8. The molecule has 19 heavy (non-hydrogen) atoms. The van der Waals surface area contributed by atoms with Gasteiger partial charge in [0.25, 0.3) is 0 Å². The monoisotopic (exact) mass is 263 g/mol. The van der Waals surface area contributed by atoms with Crippen molar-refractivity contribution in [1.29, 1.82) is 0 Å². The van der Waals surface area contributed by atoms with Crippen LogP contribution in [-0.4, -0.2) is 24.7 Å². The second-order valence-electron chi connectivity index (χ2n) is 5.34. The lowest BCUT2D eigenvalue weighted by Gasteiger charge is -2.17. The maximum Gasteiger partial charge on any atom is 0.306 e. The highest BCUT2D eigenvalue weighted by Gasteiger charge is 2.42. The van der Waals surface area contributed by atoms with E-state index in [9.17, 15) is 4.79 Å². The van der Waals surface area contributed by atoms with E-state index in [0.29, 0.717) is 0 Å². The van der Waals surface area contributed by atoms with Gasteiger partial charge in [-0.3, -0.25) is 4.79 Å². The van der Waals surface area contributed by atoms with Crippen molar-refractivity contribution in [3.8, 4) is 5.75 Å². The van der Waals surface area contributed by atoms with Crippen LogP contribution in [0.5, 0.6) is 5.75 Å². The smallest absolute Gasteiger partial charge is 0.306 e. The summed E-state index contributed by atoms with van der Waals surface area (Å²) in [6.45, 7) is 6.87. The maximum absolute atomic E-state index is 10.8. The molecule has 104 valence electrons. The molecular weight excluding hydrogens is 242 g/mol. The van der Waals surface area contributed by atoms with Crippen LogP contribution >= 0.6 is 0 Å². The number of aryl methyl sites for hydroxylation is 1. The van der Waals surface area contributed by atoms with Crippen LogP contribution in [0, 0.1) is 32.6 Å². The van der Waals surface area contributed by atoms with Gasteiger partial charge in [-0.15, -0.1) is 0 Å². The van der Waals surface area contributed by atoms with Crippen molar-refractivity contribution in [2.45, 2.75) is 27.2 Å². The van der Waals surface area contributed by atoms with Gasteiger partial charge in [0.05, 0.1) is 13.0 Å². The van der Waals surface area contributed by atoms with Crippen LogP contribution in [0.3, 0.4) is 0 Å². The second kappa shape index (κ2) is 5.11. The fraction of sp³-hybridized carbons (Fsp3) is 0.533. The molecule has 0 saturated heterocycles. The van der Waals surface area contributed by atoms with Crippen molar-refractivity contribution in [2.75, 3.05) is 19.0 Å². The first-order valence-electron chi connectivity index (χ1n) is 6.57. The molecule has 1 saturated carbocycles. The summed E-state index contributed by atoms with van der Waals surface area (Å²) in [5.74, 6) is 0.327. The number of benzene rings is 1. The third-order valence-corrected chi connectivity index (χ3v) is 4.05. The summed E-state index contributed by atoms with van der Waals surface area (Å²) in [5.41, 5.74) is 4.53. The molecule has 1 aromatic carbocycles. The Balaban J connectivity index is 2.09. The normalized spacial score (nSPS) is 21.1. The Morgan fingerprint density at radius 1 is 1.42 bits per heavy atom. The Morgan fingerprint density at radius 3 is 2.63 bits per heavy atom. The number of aliphatic carboxylic acids is 1. The molecule has 2 N–H and O–H groups in total.